The summed E-state index contributed by atoms with van der Waals surface area (Å²) in [5.74, 6) is 0.706. The van der Waals surface area contributed by atoms with Crippen LogP contribution in [0.25, 0.3) is 5.95 Å². The molecule has 0 unspecified atom stereocenters. The minimum absolute atomic E-state index is 0.220. The summed E-state index contributed by atoms with van der Waals surface area (Å²) in [6, 6.07) is 16.9. The molecule has 146 valence electrons. The van der Waals surface area contributed by atoms with Crippen LogP contribution in [0.1, 0.15) is 17.7 Å². The Bertz CT molecular complexity index is 852. The lowest BCUT2D eigenvalue weighted by atomic mass is 10.1. The minimum atomic E-state index is 0.220. The average molecular weight is 377 g/mol. The Balaban J connectivity index is 1.43. The summed E-state index contributed by atoms with van der Waals surface area (Å²) in [6.07, 6.45) is 6.35. The zero-order valence-corrected chi connectivity index (χ0v) is 16.1. The molecule has 6 nitrogen and oxygen atoms in total. The lowest BCUT2D eigenvalue weighted by Gasteiger charge is -2.41. The van der Waals surface area contributed by atoms with Gasteiger partial charge in [-0.3, -0.25) is 14.4 Å². The van der Waals surface area contributed by atoms with Gasteiger partial charge in [0.25, 0.3) is 0 Å². The van der Waals surface area contributed by atoms with Gasteiger partial charge in [-0.2, -0.15) is 0 Å². The normalized spacial score (nSPS) is 18.4. The molecule has 1 fully saturated rings. The zero-order chi connectivity index (χ0) is 19.2. The van der Waals surface area contributed by atoms with E-state index in [1.165, 1.54) is 11.3 Å². The van der Waals surface area contributed by atoms with Crippen LogP contribution in [0.4, 0.5) is 0 Å². The van der Waals surface area contributed by atoms with E-state index in [2.05, 4.69) is 60.7 Å². The van der Waals surface area contributed by atoms with E-state index in [1.807, 2.05) is 18.3 Å². The number of aliphatic hydroxyl groups is 1. The second kappa shape index (κ2) is 9.10. The van der Waals surface area contributed by atoms with Gasteiger partial charge in [0.15, 0.2) is 0 Å². The van der Waals surface area contributed by atoms with Gasteiger partial charge in [0, 0.05) is 69.7 Å². The Hall–Kier alpha value is -2.54. The molecule has 28 heavy (non-hydrogen) atoms. The standard InChI is InChI=1S/C22H27N5O/c28-15-9-20-17-25(13-14-26(20)16-19-6-2-1-3-7-19)18-21-8-4-12-27(21)22-23-10-5-11-24-22/h1-8,10-12,20,28H,9,13-18H2/t20-/m0/s1. The van der Waals surface area contributed by atoms with Crippen LogP contribution in [0.3, 0.4) is 0 Å². The molecule has 2 aromatic heterocycles. The van der Waals surface area contributed by atoms with Gasteiger partial charge in [0.2, 0.25) is 5.95 Å². The van der Waals surface area contributed by atoms with Crippen LogP contribution >= 0.6 is 0 Å². The van der Waals surface area contributed by atoms with Gasteiger partial charge in [-0.1, -0.05) is 30.3 Å². The third kappa shape index (κ3) is 4.47. The molecule has 0 bridgehead atoms. The highest BCUT2D eigenvalue weighted by molar-refractivity contribution is 5.20. The van der Waals surface area contributed by atoms with E-state index in [0.29, 0.717) is 12.0 Å². The molecule has 0 radical (unpaired) electrons. The Kier molecular flexibility index (Phi) is 6.11. The second-order valence-electron chi connectivity index (χ2n) is 7.28. The summed E-state index contributed by atoms with van der Waals surface area (Å²) in [5.41, 5.74) is 2.51. The predicted molar refractivity (Wildman–Crippen MR) is 109 cm³/mol. The highest BCUT2D eigenvalue weighted by Gasteiger charge is 2.27. The molecule has 1 aromatic carbocycles. The van der Waals surface area contributed by atoms with Gasteiger partial charge >= 0.3 is 0 Å². The first-order valence-electron chi connectivity index (χ1n) is 9.88. The van der Waals surface area contributed by atoms with E-state index in [9.17, 15) is 5.11 Å². The Morgan fingerprint density at radius 3 is 2.54 bits per heavy atom. The van der Waals surface area contributed by atoms with Crippen LogP contribution in [-0.2, 0) is 13.1 Å². The molecule has 0 aliphatic carbocycles. The Morgan fingerprint density at radius 2 is 1.75 bits per heavy atom. The topological polar surface area (TPSA) is 57.4 Å². The molecule has 1 aliphatic heterocycles. The minimum Gasteiger partial charge on any atom is -0.396 e. The summed E-state index contributed by atoms with van der Waals surface area (Å²) >= 11 is 0. The van der Waals surface area contributed by atoms with Crippen molar-refractivity contribution in [2.75, 3.05) is 26.2 Å². The number of benzene rings is 1. The number of aliphatic hydroxyl groups excluding tert-OH is 1. The number of piperazine rings is 1. The fraction of sp³-hybridized carbons (Fsp3) is 0.364. The van der Waals surface area contributed by atoms with Crippen LogP contribution < -0.4 is 0 Å². The van der Waals surface area contributed by atoms with E-state index in [-0.39, 0.29) is 6.61 Å². The van der Waals surface area contributed by atoms with Crippen LogP contribution in [-0.4, -0.2) is 61.7 Å². The van der Waals surface area contributed by atoms with Gasteiger partial charge in [-0.05, 0) is 30.2 Å². The third-order valence-corrected chi connectivity index (χ3v) is 5.37. The largest absolute Gasteiger partial charge is 0.396 e. The SMILES string of the molecule is OCC[C@H]1CN(Cc2cccn2-c2ncccn2)CCN1Cc1ccccc1. The van der Waals surface area contributed by atoms with Crippen LogP contribution in [0, 0.1) is 0 Å². The van der Waals surface area contributed by atoms with Crippen LogP contribution in [0.5, 0.6) is 0 Å². The van der Waals surface area contributed by atoms with E-state index >= 15 is 0 Å². The van der Waals surface area contributed by atoms with Crippen LogP contribution in [0.15, 0.2) is 67.1 Å². The summed E-state index contributed by atoms with van der Waals surface area (Å²) < 4.78 is 2.05. The monoisotopic (exact) mass is 377 g/mol. The molecule has 1 saturated heterocycles. The molecular weight excluding hydrogens is 350 g/mol. The van der Waals surface area contributed by atoms with Gasteiger partial charge in [0.1, 0.15) is 0 Å². The zero-order valence-electron chi connectivity index (χ0n) is 16.1. The molecule has 0 amide bonds. The van der Waals surface area contributed by atoms with Crippen molar-refractivity contribution < 1.29 is 5.11 Å². The van der Waals surface area contributed by atoms with Gasteiger partial charge < -0.3 is 5.11 Å². The molecule has 1 N–H and O–H groups in total. The first-order valence-corrected chi connectivity index (χ1v) is 9.88. The Morgan fingerprint density at radius 1 is 0.929 bits per heavy atom. The van der Waals surface area contributed by atoms with E-state index in [4.69, 9.17) is 0 Å². The summed E-state index contributed by atoms with van der Waals surface area (Å²) in [6.45, 7) is 4.98. The average Bonchev–Trinajstić information content (AvgIpc) is 3.20. The van der Waals surface area contributed by atoms with Gasteiger partial charge in [0.05, 0.1) is 0 Å². The quantitative estimate of drug-likeness (QED) is 0.685. The molecular formula is C22H27N5O. The fourth-order valence-corrected chi connectivity index (χ4v) is 3.93. The molecule has 1 atom stereocenters. The molecule has 4 rings (SSSR count). The maximum absolute atomic E-state index is 9.57. The molecule has 3 aromatic rings. The lowest BCUT2D eigenvalue weighted by molar-refractivity contribution is 0.0491. The number of nitrogens with zero attached hydrogens (tertiary/aromatic N) is 5. The first-order chi connectivity index (χ1) is 13.8. The van der Waals surface area contributed by atoms with Crippen molar-refractivity contribution in [3.05, 3.63) is 78.4 Å². The maximum atomic E-state index is 9.57. The molecule has 0 spiro atoms. The maximum Gasteiger partial charge on any atom is 0.233 e. The number of aromatic nitrogens is 3. The molecule has 1 aliphatic rings. The fourth-order valence-electron chi connectivity index (χ4n) is 3.93. The summed E-state index contributed by atoms with van der Waals surface area (Å²) in [7, 11) is 0. The second-order valence-corrected chi connectivity index (χ2v) is 7.28. The summed E-state index contributed by atoms with van der Waals surface area (Å²) in [5, 5.41) is 9.57. The Labute approximate surface area is 166 Å². The van der Waals surface area contributed by atoms with E-state index < -0.39 is 0 Å². The predicted octanol–water partition coefficient (Wildman–Crippen LogP) is 2.34. The molecule has 3 heterocycles. The number of hydrogen-bond acceptors (Lipinski definition) is 5. The number of hydrogen-bond donors (Lipinski definition) is 1. The smallest absolute Gasteiger partial charge is 0.233 e. The summed E-state index contributed by atoms with van der Waals surface area (Å²) in [4.78, 5) is 13.7. The van der Waals surface area contributed by atoms with Crippen LogP contribution in [0.2, 0.25) is 0 Å². The lowest BCUT2D eigenvalue weighted by Crippen LogP contribution is -2.52. The third-order valence-electron chi connectivity index (χ3n) is 5.37. The van der Waals surface area contributed by atoms with Crippen molar-refractivity contribution in [1.82, 2.24) is 24.3 Å². The van der Waals surface area contributed by atoms with Gasteiger partial charge in [-0.25, -0.2) is 9.97 Å². The van der Waals surface area contributed by atoms with Crippen molar-refractivity contribution in [1.29, 1.82) is 0 Å². The van der Waals surface area contributed by atoms with Gasteiger partial charge in [-0.15, -0.1) is 0 Å². The van der Waals surface area contributed by atoms with E-state index in [0.717, 1.165) is 39.1 Å². The molecule has 6 heteroatoms. The highest BCUT2D eigenvalue weighted by Crippen LogP contribution is 2.19. The highest BCUT2D eigenvalue weighted by atomic mass is 16.3. The van der Waals surface area contributed by atoms with Crippen molar-refractivity contribution >= 4 is 0 Å². The van der Waals surface area contributed by atoms with Crippen molar-refractivity contribution in [3.63, 3.8) is 0 Å². The number of rotatable bonds is 7. The van der Waals surface area contributed by atoms with Crippen molar-refractivity contribution in [2.24, 2.45) is 0 Å². The first kappa shape index (κ1) is 18.8. The van der Waals surface area contributed by atoms with Crippen molar-refractivity contribution in [3.8, 4) is 5.95 Å². The molecule has 0 saturated carbocycles. The van der Waals surface area contributed by atoms with E-state index in [1.54, 1.807) is 12.4 Å². The van der Waals surface area contributed by atoms with Crippen molar-refractivity contribution in [2.45, 2.75) is 25.6 Å².